The van der Waals surface area contributed by atoms with Crippen LogP contribution in [0.1, 0.15) is 31.8 Å². The summed E-state index contributed by atoms with van der Waals surface area (Å²) in [6.07, 6.45) is 1.39. The Kier molecular flexibility index (Phi) is 6.95. The second-order valence-corrected chi connectivity index (χ2v) is 6.38. The Hall–Kier alpha value is -4.20. The molecular formula is C23H19FN2O5. The first-order chi connectivity index (χ1) is 15.0. The molecule has 0 spiro atoms. The maximum absolute atomic E-state index is 13.6. The Labute approximate surface area is 177 Å². The fourth-order valence-electron chi connectivity index (χ4n) is 2.71. The molecule has 3 rings (SSSR count). The van der Waals surface area contributed by atoms with Gasteiger partial charge in [0.2, 0.25) is 0 Å². The summed E-state index contributed by atoms with van der Waals surface area (Å²) in [7, 11) is 1.48. The van der Waals surface area contributed by atoms with Crippen molar-refractivity contribution in [1.82, 2.24) is 5.43 Å². The second kappa shape index (κ2) is 10.0. The number of benzene rings is 3. The van der Waals surface area contributed by atoms with Crippen molar-refractivity contribution < 1.29 is 28.6 Å². The van der Waals surface area contributed by atoms with Gasteiger partial charge in [-0.05, 0) is 53.6 Å². The van der Waals surface area contributed by atoms with Gasteiger partial charge in [0.25, 0.3) is 5.91 Å². The van der Waals surface area contributed by atoms with Crippen LogP contribution in [0.25, 0.3) is 0 Å². The van der Waals surface area contributed by atoms with Crippen molar-refractivity contribution >= 4 is 18.1 Å². The topological polar surface area (TPSA) is 97.2 Å². The van der Waals surface area contributed by atoms with Gasteiger partial charge in [0, 0.05) is 0 Å². The number of aromatic carboxylic acids is 1. The first-order valence-corrected chi connectivity index (χ1v) is 9.19. The minimum absolute atomic E-state index is 0.104. The minimum Gasteiger partial charge on any atom is -0.493 e. The largest absolute Gasteiger partial charge is 0.493 e. The van der Waals surface area contributed by atoms with E-state index in [1.54, 1.807) is 36.4 Å². The number of rotatable bonds is 8. The summed E-state index contributed by atoms with van der Waals surface area (Å²) in [5.41, 5.74) is 3.66. The van der Waals surface area contributed by atoms with E-state index in [9.17, 15) is 14.0 Å². The van der Waals surface area contributed by atoms with E-state index in [4.69, 9.17) is 14.6 Å². The van der Waals surface area contributed by atoms with Crippen LogP contribution in [0.3, 0.4) is 0 Å². The van der Waals surface area contributed by atoms with Gasteiger partial charge in [-0.3, -0.25) is 4.79 Å². The Morgan fingerprint density at radius 1 is 1.06 bits per heavy atom. The van der Waals surface area contributed by atoms with Gasteiger partial charge >= 0.3 is 5.97 Å². The van der Waals surface area contributed by atoms with Crippen molar-refractivity contribution in [2.75, 3.05) is 7.11 Å². The number of nitrogens with one attached hydrogen (secondary N) is 1. The average molecular weight is 422 g/mol. The number of carboxylic acids is 1. The molecule has 1 amide bonds. The molecule has 0 aliphatic heterocycles. The second-order valence-electron chi connectivity index (χ2n) is 6.38. The molecular weight excluding hydrogens is 403 g/mol. The normalized spacial score (nSPS) is 10.6. The van der Waals surface area contributed by atoms with E-state index in [-0.39, 0.29) is 17.7 Å². The van der Waals surface area contributed by atoms with Crippen LogP contribution in [0.4, 0.5) is 4.39 Å². The van der Waals surface area contributed by atoms with Crippen LogP contribution in [0.15, 0.2) is 71.8 Å². The highest BCUT2D eigenvalue weighted by Gasteiger charge is 2.10. The SMILES string of the molecule is COc1cc(/C=N\NC(=O)c2ccccc2F)ccc1OCc1cccc(C(=O)O)c1. The molecule has 2 N–H and O–H groups in total. The Balaban J connectivity index is 1.65. The third-order valence-corrected chi connectivity index (χ3v) is 4.25. The predicted octanol–water partition coefficient (Wildman–Crippen LogP) is 3.88. The van der Waals surface area contributed by atoms with Gasteiger partial charge in [-0.15, -0.1) is 0 Å². The molecule has 0 heterocycles. The van der Waals surface area contributed by atoms with Crippen LogP contribution in [0, 0.1) is 5.82 Å². The Morgan fingerprint density at radius 3 is 2.61 bits per heavy atom. The van der Waals surface area contributed by atoms with E-state index >= 15 is 0 Å². The van der Waals surface area contributed by atoms with Crippen molar-refractivity contribution in [3.63, 3.8) is 0 Å². The van der Waals surface area contributed by atoms with Gasteiger partial charge in [-0.1, -0.05) is 24.3 Å². The van der Waals surface area contributed by atoms with Crippen LogP contribution in [0.5, 0.6) is 11.5 Å². The lowest BCUT2D eigenvalue weighted by molar-refractivity contribution is 0.0696. The molecule has 0 aromatic heterocycles. The van der Waals surface area contributed by atoms with Crippen molar-refractivity contribution in [2.24, 2.45) is 5.10 Å². The number of methoxy groups -OCH3 is 1. The number of carbonyl (C=O) groups is 2. The number of ether oxygens (including phenoxy) is 2. The summed E-state index contributed by atoms with van der Waals surface area (Å²) >= 11 is 0. The lowest BCUT2D eigenvalue weighted by Crippen LogP contribution is -2.18. The van der Waals surface area contributed by atoms with E-state index in [0.717, 1.165) is 0 Å². The van der Waals surface area contributed by atoms with E-state index in [1.807, 2.05) is 0 Å². The van der Waals surface area contributed by atoms with E-state index < -0.39 is 17.7 Å². The summed E-state index contributed by atoms with van der Waals surface area (Å²) in [5, 5.41) is 12.9. The van der Waals surface area contributed by atoms with Crippen LogP contribution in [0.2, 0.25) is 0 Å². The number of hydrogen-bond donors (Lipinski definition) is 2. The molecule has 7 nitrogen and oxygen atoms in total. The third kappa shape index (κ3) is 5.66. The summed E-state index contributed by atoms with van der Waals surface area (Å²) in [6.45, 7) is 0.156. The highest BCUT2D eigenvalue weighted by Crippen LogP contribution is 2.28. The zero-order chi connectivity index (χ0) is 22.2. The summed E-state index contributed by atoms with van der Waals surface area (Å²) in [5.74, 6) is -1.42. The van der Waals surface area contributed by atoms with Crippen LogP contribution >= 0.6 is 0 Å². The molecule has 158 valence electrons. The molecule has 31 heavy (non-hydrogen) atoms. The Bertz CT molecular complexity index is 1130. The number of carbonyl (C=O) groups excluding carboxylic acids is 1. The van der Waals surface area contributed by atoms with Crippen LogP contribution < -0.4 is 14.9 Å². The molecule has 0 atom stereocenters. The van der Waals surface area contributed by atoms with Crippen molar-refractivity contribution in [2.45, 2.75) is 6.61 Å². The number of amides is 1. The lowest BCUT2D eigenvalue weighted by atomic mass is 10.1. The van der Waals surface area contributed by atoms with Gasteiger partial charge in [0.15, 0.2) is 11.5 Å². The molecule has 0 bridgehead atoms. The van der Waals surface area contributed by atoms with Crippen LogP contribution in [-0.2, 0) is 6.61 Å². The number of nitrogens with zero attached hydrogens (tertiary/aromatic N) is 1. The zero-order valence-electron chi connectivity index (χ0n) is 16.5. The predicted molar refractivity (Wildman–Crippen MR) is 112 cm³/mol. The molecule has 0 aliphatic rings. The molecule has 0 saturated carbocycles. The molecule has 0 unspecified atom stereocenters. The molecule has 3 aromatic rings. The monoisotopic (exact) mass is 422 g/mol. The maximum atomic E-state index is 13.6. The number of halogens is 1. The van der Waals surface area contributed by atoms with Crippen LogP contribution in [-0.4, -0.2) is 30.3 Å². The van der Waals surface area contributed by atoms with E-state index in [1.165, 1.54) is 43.7 Å². The van der Waals surface area contributed by atoms with Gasteiger partial charge in [-0.2, -0.15) is 5.10 Å². The van der Waals surface area contributed by atoms with E-state index in [0.29, 0.717) is 22.6 Å². The van der Waals surface area contributed by atoms with Gasteiger partial charge in [0.1, 0.15) is 12.4 Å². The first-order valence-electron chi connectivity index (χ1n) is 9.19. The number of hydrogen-bond acceptors (Lipinski definition) is 5. The van der Waals surface area contributed by atoms with Crippen molar-refractivity contribution in [3.05, 3.63) is 94.8 Å². The Morgan fingerprint density at radius 2 is 1.87 bits per heavy atom. The molecule has 0 saturated heterocycles. The number of hydrazone groups is 1. The van der Waals surface area contributed by atoms with Gasteiger partial charge < -0.3 is 14.6 Å². The highest BCUT2D eigenvalue weighted by molar-refractivity contribution is 5.95. The third-order valence-electron chi connectivity index (χ3n) is 4.25. The summed E-state index contributed by atoms with van der Waals surface area (Å²) in [6, 6.07) is 17.1. The maximum Gasteiger partial charge on any atom is 0.335 e. The first kappa shape index (κ1) is 21.5. The van der Waals surface area contributed by atoms with Crippen molar-refractivity contribution in [3.8, 4) is 11.5 Å². The molecule has 8 heteroatoms. The molecule has 3 aromatic carbocycles. The quantitative estimate of drug-likeness (QED) is 0.424. The molecule has 0 fully saturated rings. The highest BCUT2D eigenvalue weighted by atomic mass is 19.1. The summed E-state index contributed by atoms with van der Waals surface area (Å²) in [4.78, 5) is 23.0. The fourth-order valence-corrected chi connectivity index (χ4v) is 2.71. The standard InChI is InChI=1S/C23H19FN2O5/c1-30-21-12-15(13-25-26-22(27)18-7-2-3-8-19(18)24)9-10-20(21)31-14-16-5-4-6-17(11-16)23(28)29/h2-13H,14H2,1H3,(H,26,27)(H,28,29)/b25-13-. The van der Waals surface area contributed by atoms with Gasteiger partial charge in [0.05, 0.1) is 24.5 Å². The average Bonchev–Trinajstić information content (AvgIpc) is 2.78. The zero-order valence-corrected chi connectivity index (χ0v) is 16.5. The molecule has 0 radical (unpaired) electrons. The smallest absolute Gasteiger partial charge is 0.335 e. The number of carboxylic acid groups (broad SMARTS) is 1. The summed E-state index contributed by atoms with van der Waals surface area (Å²) < 4.78 is 24.7. The lowest BCUT2D eigenvalue weighted by Gasteiger charge is -2.11. The fraction of sp³-hybridized carbons (Fsp3) is 0.0870. The minimum atomic E-state index is -1.01. The van der Waals surface area contributed by atoms with Crippen molar-refractivity contribution in [1.29, 1.82) is 0 Å². The van der Waals surface area contributed by atoms with Gasteiger partial charge in [-0.25, -0.2) is 14.6 Å². The molecule has 0 aliphatic carbocycles. The van der Waals surface area contributed by atoms with E-state index in [2.05, 4.69) is 10.5 Å².